The first kappa shape index (κ1) is 8.04. The predicted octanol–water partition coefficient (Wildman–Crippen LogP) is 3.14. The van der Waals surface area contributed by atoms with Crippen LogP contribution in [0.25, 0.3) is 10.9 Å². The van der Waals surface area contributed by atoms with E-state index in [4.69, 9.17) is 0 Å². The normalized spacial score (nSPS) is 17.2. The summed E-state index contributed by atoms with van der Waals surface area (Å²) in [4.78, 5) is 0. The fourth-order valence-electron chi connectivity index (χ4n) is 2.26. The molecule has 1 N–H and O–H groups in total. The zero-order valence-electron chi connectivity index (χ0n) is 8.38. The van der Waals surface area contributed by atoms with Crippen LogP contribution < -0.4 is 0 Å². The average Bonchev–Trinajstić information content (AvgIpc) is 2.47. The number of aromatic nitrogens is 2. The molecule has 2 heteroatoms. The van der Waals surface area contributed by atoms with E-state index in [0.29, 0.717) is 0 Å². The van der Waals surface area contributed by atoms with E-state index in [-0.39, 0.29) is 0 Å². The van der Waals surface area contributed by atoms with E-state index in [1.807, 2.05) is 0 Å². The van der Waals surface area contributed by atoms with Gasteiger partial charge in [-0.1, -0.05) is 18.6 Å². The van der Waals surface area contributed by atoms with Gasteiger partial charge in [-0.25, -0.2) is 0 Å². The van der Waals surface area contributed by atoms with Gasteiger partial charge >= 0.3 is 0 Å². The summed E-state index contributed by atoms with van der Waals surface area (Å²) in [6.07, 6.45) is 4.02. The van der Waals surface area contributed by atoms with Gasteiger partial charge in [0.25, 0.3) is 0 Å². The van der Waals surface area contributed by atoms with Crippen molar-refractivity contribution in [2.45, 2.75) is 32.1 Å². The van der Waals surface area contributed by atoms with Crippen LogP contribution >= 0.6 is 0 Å². The predicted molar refractivity (Wildman–Crippen MR) is 57.4 cm³/mol. The third-order valence-electron chi connectivity index (χ3n) is 3.33. The Morgan fingerprint density at radius 1 is 1.36 bits per heavy atom. The van der Waals surface area contributed by atoms with Crippen LogP contribution in [0.2, 0.25) is 0 Å². The molecule has 1 aliphatic carbocycles. The Morgan fingerprint density at radius 2 is 2.21 bits per heavy atom. The lowest BCUT2D eigenvalue weighted by molar-refractivity contribution is 0.413. The van der Waals surface area contributed by atoms with Gasteiger partial charge in [0.2, 0.25) is 0 Å². The molecular formula is C12H14N2. The van der Waals surface area contributed by atoms with Crippen LogP contribution in [0.5, 0.6) is 0 Å². The highest BCUT2D eigenvalue weighted by atomic mass is 15.1. The topological polar surface area (TPSA) is 28.7 Å². The number of nitrogens with zero attached hydrogens (tertiary/aromatic N) is 1. The highest BCUT2D eigenvalue weighted by molar-refractivity contribution is 5.85. The Labute approximate surface area is 83.3 Å². The molecule has 72 valence electrons. The first-order valence-electron chi connectivity index (χ1n) is 5.30. The molecule has 2 aromatic rings. The molecule has 3 rings (SSSR count). The van der Waals surface area contributed by atoms with Crippen LogP contribution in [0.1, 0.15) is 36.4 Å². The zero-order valence-corrected chi connectivity index (χ0v) is 8.38. The molecule has 0 amide bonds. The molecular weight excluding hydrogens is 172 g/mol. The molecule has 0 atom stereocenters. The smallest absolute Gasteiger partial charge is 0.0926 e. The van der Waals surface area contributed by atoms with Crippen molar-refractivity contribution < 1.29 is 0 Å². The number of fused-ring (bicyclic) bond motifs is 1. The molecule has 0 unspecified atom stereocenters. The minimum absolute atomic E-state index is 0.737. The van der Waals surface area contributed by atoms with Crippen molar-refractivity contribution in [3.05, 3.63) is 29.5 Å². The summed E-state index contributed by atoms with van der Waals surface area (Å²) in [5.41, 5.74) is 3.83. The van der Waals surface area contributed by atoms with Crippen LogP contribution in [-0.4, -0.2) is 10.2 Å². The van der Waals surface area contributed by atoms with Crippen LogP contribution in [0, 0.1) is 6.92 Å². The number of nitrogens with one attached hydrogen (secondary N) is 1. The molecule has 0 spiro atoms. The molecule has 14 heavy (non-hydrogen) atoms. The molecule has 1 saturated carbocycles. The lowest BCUT2D eigenvalue weighted by atomic mass is 9.81. The average molecular weight is 186 g/mol. The summed E-state index contributed by atoms with van der Waals surface area (Å²) in [5, 5.41) is 8.92. The number of hydrogen-bond acceptors (Lipinski definition) is 1. The number of H-pyrrole nitrogens is 1. The molecule has 0 aliphatic heterocycles. The van der Waals surface area contributed by atoms with Crippen molar-refractivity contribution in [2.75, 3.05) is 0 Å². The van der Waals surface area contributed by atoms with E-state index >= 15 is 0 Å². The number of aromatic amines is 1. The molecule has 0 radical (unpaired) electrons. The van der Waals surface area contributed by atoms with Crippen LogP contribution in [-0.2, 0) is 0 Å². The minimum Gasteiger partial charge on any atom is -0.281 e. The fourth-order valence-corrected chi connectivity index (χ4v) is 2.26. The first-order valence-corrected chi connectivity index (χ1v) is 5.30. The molecule has 1 fully saturated rings. The SMILES string of the molecule is Cc1cccc2n[nH]c(C3CCC3)c12. The van der Waals surface area contributed by atoms with E-state index in [1.165, 1.54) is 35.9 Å². The van der Waals surface area contributed by atoms with Gasteiger partial charge in [0.15, 0.2) is 0 Å². The highest BCUT2D eigenvalue weighted by Gasteiger charge is 2.23. The van der Waals surface area contributed by atoms with E-state index < -0.39 is 0 Å². The van der Waals surface area contributed by atoms with Crippen molar-refractivity contribution >= 4 is 10.9 Å². The molecule has 0 bridgehead atoms. The van der Waals surface area contributed by atoms with E-state index in [9.17, 15) is 0 Å². The van der Waals surface area contributed by atoms with Gasteiger partial charge in [-0.2, -0.15) is 5.10 Å². The number of hydrogen-bond donors (Lipinski definition) is 1. The second-order valence-corrected chi connectivity index (χ2v) is 4.23. The van der Waals surface area contributed by atoms with Crippen molar-refractivity contribution in [3.8, 4) is 0 Å². The molecule has 1 heterocycles. The molecule has 0 saturated heterocycles. The second-order valence-electron chi connectivity index (χ2n) is 4.23. The molecule has 1 aliphatic rings. The number of aryl methyl sites for hydroxylation is 1. The van der Waals surface area contributed by atoms with Crippen LogP contribution in [0.4, 0.5) is 0 Å². The third-order valence-corrected chi connectivity index (χ3v) is 3.33. The van der Waals surface area contributed by atoms with E-state index in [0.717, 1.165) is 11.4 Å². The Hall–Kier alpha value is -1.31. The monoisotopic (exact) mass is 186 g/mol. The van der Waals surface area contributed by atoms with Crippen molar-refractivity contribution in [1.29, 1.82) is 0 Å². The quantitative estimate of drug-likeness (QED) is 0.728. The van der Waals surface area contributed by atoms with Gasteiger partial charge in [-0.05, 0) is 31.4 Å². The summed E-state index contributed by atoms with van der Waals surface area (Å²) in [6, 6.07) is 6.32. The van der Waals surface area contributed by atoms with Gasteiger partial charge < -0.3 is 0 Å². The number of benzene rings is 1. The van der Waals surface area contributed by atoms with Gasteiger partial charge in [0.1, 0.15) is 0 Å². The maximum absolute atomic E-state index is 4.36. The first-order chi connectivity index (χ1) is 6.86. The summed E-state index contributed by atoms with van der Waals surface area (Å²) in [7, 11) is 0. The van der Waals surface area contributed by atoms with Gasteiger partial charge in [-0.15, -0.1) is 0 Å². The maximum Gasteiger partial charge on any atom is 0.0926 e. The number of rotatable bonds is 1. The molecule has 2 nitrogen and oxygen atoms in total. The third kappa shape index (κ3) is 0.999. The Morgan fingerprint density at radius 3 is 2.93 bits per heavy atom. The highest BCUT2D eigenvalue weighted by Crippen LogP contribution is 2.39. The largest absolute Gasteiger partial charge is 0.281 e. The van der Waals surface area contributed by atoms with Crippen molar-refractivity contribution in [2.24, 2.45) is 0 Å². The second kappa shape index (κ2) is 2.84. The lowest BCUT2D eigenvalue weighted by Crippen LogP contribution is -2.09. The van der Waals surface area contributed by atoms with Crippen molar-refractivity contribution in [3.63, 3.8) is 0 Å². The van der Waals surface area contributed by atoms with Gasteiger partial charge in [0.05, 0.1) is 5.52 Å². The Kier molecular flexibility index (Phi) is 1.63. The van der Waals surface area contributed by atoms with Crippen LogP contribution in [0.3, 0.4) is 0 Å². The molecule has 1 aromatic heterocycles. The van der Waals surface area contributed by atoms with Gasteiger partial charge in [0, 0.05) is 17.0 Å². The van der Waals surface area contributed by atoms with Crippen molar-refractivity contribution in [1.82, 2.24) is 10.2 Å². The summed E-state index contributed by atoms with van der Waals surface area (Å²) in [5.74, 6) is 0.737. The molecule has 1 aromatic carbocycles. The summed E-state index contributed by atoms with van der Waals surface area (Å²) in [6.45, 7) is 2.17. The summed E-state index contributed by atoms with van der Waals surface area (Å²) < 4.78 is 0. The minimum atomic E-state index is 0.737. The maximum atomic E-state index is 4.36. The Balaban J connectivity index is 2.23. The zero-order chi connectivity index (χ0) is 9.54. The van der Waals surface area contributed by atoms with E-state index in [2.05, 4.69) is 35.3 Å². The summed E-state index contributed by atoms with van der Waals surface area (Å²) >= 11 is 0. The fraction of sp³-hybridized carbons (Fsp3) is 0.417. The lowest BCUT2D eigenvalue weighted by Gasteiger charge is -2.24. The van der Waals surface area contributed by atoms with Crippen LogP contribution in [0.15, 0.2) is 18.2 Å². The Bertz CT molecular complexity index is 466. The van der Waals surface area contributed by atoms with E-state index in [1.54, 1.807) is 0 Å². The standard InChI is InChI=1S/C12H14N2/c1-8-4-2-7-10-11(8)12(14-13-10)9-5-3-6-9/h2,4,7,9H,3,5-6H2,1H3,(H,13,14). The van der Waals surface area contributed by atoms with Gasteiger partial charge in [-0.3, -0.25) is 5.10 Å².